The molecule has 2 bridgehead atoms. The summed E-state index contributed by atoms with van der Waals surface area (Å²) < 4.78 is 1.86. The van der Waals surface area contributed by atoms with Crippen LogP contribution in [-0.2, 0) is 17.8 Å². The molecule has 1 fully saturated rings. The second-order valence-electron chi connectivity index (χ2n) is 6.76. The third-order valence-electron chi connectivity index (χ3n) is 4.99. The lowest BCUT2D eigenvalue weighted by atomic mass is 9.84. The number of nitrogens with one attached hydrogen (secondary N) is 2. The quantitative estimate of drug-likeness (QED) is 0.904. The van der Waals surface area contributed by atoms with E-state index in [1.165, 1.54) is 0 Å². The van der Waals surface area contributed by atoms with Gasteiger partial charge in [-0.1, -0.05) is 30.3 Å². The predicted octanol–water partition coefficient (Wildman–Crippen LogP) is 1.74. The number of carbonyl (C=O) groups excluding carboxylic acids is 1. The number of rotatable bonds is 3. The molecule has 2 aromatic rings. The number of piperidine rings is 1. The molecule has 1 amide bonds. The largest absolute Gasteiger partial charge is 0.321 e. The van der Waals surface area contributed by atoms with Crippen molar-refractivity contribution in [1.29, 1.82) is 0 Å². The molecule has 5 nitrogen and oxygen atoms in total. The number of anilines is 1. The maximum absolute atomic E-state index is 12.8. The van der Waals surface area contributed by atoms with E-state index < -0.39 is 0 Å². The Labute approximate surface area is 140 Å². The molecule has 1 aromatic carbocycles. The van der Waals surface area contributed by atoms with Crippen LogP contribution in [0.3, 0.4) is 0 Å². The fourth-order valence-electron chi connectivity index (χ4n) is 3.86. The molecular formula is C19H21N3O2. The summed E-state index contributed by atoms with van der Waals surface area (Å²) in [6.45, 7) is 2.63. The van der Waals surface area contributed by atoms with E-state index in [0.717, 1.165) is 37.3 Å². The van der Waals surface area contributed by atoms with E-state index in [9.17, 15) is 9.59 Å². The van der Waals surface area contributed by atoms with Gasteiger partial charge in [-0.15, -0.1) is 0 Å². The minimum absolute atomic E-state index is 0.0782. The van der Waals surface area contributed by atoms with Gasteiger partial charge in [-0.3, -0.25) is 9.59 Å². The summed E-state index contributed by atoms with van der Waals surface area (Å²) in [6, 6.07) is 13.3. The van der Waals surface area contributed by atoms with Crippen LogP contribution < -0.4 is 16.2 Å². The average Bonchev–Trinajstić information content (AvgIpc) is 2.59. The summed E-state index contributed by atoms with van der Waals surface area (Å²) in [5, 5.41) is 6.22. The van der Waals surface area contributed by atoms with Crippen LogP contribution in [0.1, 0.15) is 23.6 Å². The van der Waals surface area contributed by atoms with Crippen molar-refractivity contribution >= 4 is 11.6 Å². The third kappa shape index (κ3) is 2.87. The monoisotopic (exact) mass is 323 g/mol. The van der Waals surface area contributed by atoms with Gasteiger partial charge in [0.1, 0.15) is 5.69 Å². The molecule has 0 spiro atoms. The van der Waals surface area contributed by atoms with E-state index in [1.807, 2.05) is 41.0 Å². The third-order valence-corrected chi connectivity index (χ3v) is 4.99. The predicted molar refractivity (Wildman–Crippen MR) is 93.2 cm³/mol. The van der Waals surface area contributed by atoms with Crippen molar-refractivity contribution in [2.45, 2.75) is 25.3 Å². The van der Waals surface area contributed by atoms with Gasteiger partial charge in [-0.2, -0.15) is 0 Å². The molecule has 0 unspecified atom stereocenters. The van der Waals surface area contributed by atoms with Gasteiger partial charge in [0.25, 0.3) is 5.56 Å². The van der Waals surface area contributed by atoms with E-state index in [-0.39, 0.29) is 17.9 Å². The molecule has 0 radical (unpaired) electrons. The smallest absolute Gasteiger partial charge is 0.274 e. The molecule has 2 N–H and O–H groups in total. The number of hydrogen-bond donors (Lipinski definition) is 2. The summed E-state index contributed by atoms with van der Waals surface area (Å²) >= 11 is 0. The number of aromatic nitrogens is 1. The summed E-state index contributed by atoms with van der Waals surface area (Å²) in [4.78, 5) is 25.0. The van der Waals surface area contributed by atoms with Gasteiger partial charge in [0.2, 0.25) is 5.91 Å². The molecule has 1 aromatic heterocycles. The molecular weight excluding hydrogens is 302 g/mol. The van der Waals surface area contributed by atoms with Gasteiger partial charge in [0.15, 0.2) is 0 Å². The molecule has 124 valence electrons. The molecule has 0 aliphatic carbocycles. The molecule has 5 heteroatoms. The lowest BCUT2D eigenvalue weighted by Crippen LogP contribution is -2.45. The second-order valence-corrected chi connectivity index (χ2v) is 6.76. The van der Waals surface area contributed by atoms with Crippen LogP contribution in [0.25, 0.3) is 0 Å². The van der Waals surface area contributed by atoms with Crippen molar-refractivity contribution in [2.75, 3.05) is 18.4 Å². The maximum Gasteiger partial charge on any atom is 0.274 e. The summed E-state index contributed by atoms with van der Waals surface area (Å²) in [5.41, 5.74) is 2.33. The minimum atomic E-state index is -0.156. The lowest BCUT2D eigenvalue weighted by Gasteiger charge is -2.37. The van der Waals surface area contributed by atoms with Crippen molar-refractivity contribution in [3.63, 3.8) is 0 Å². The zero-order valence-electron chi connectivity index (χ0n) is 13.5. The van der Waals surface area contributed by atoms with Crippen LogP contribution in [0.15, 0.2) is 47.3 Å². The normalized spacial score (nSPS) is 21.8. The number of nitrogens with zero attached hydrogens (tertiary/aromatic N) is 1. The number of amides is 1. The van der Waals surface area contributed by atoms with Crippen LogP contribution in [0, 0.1) is 5.92 Å². The molecule has 2 aliphatic heterocycles. The van der Waals surface area contributed by atoms with Gasteiger partial charge >= 0.3 is 0 Å². The van der Waals surface area contributed by atoms with Crippen molar-refractivity contribution < 1.29 is 4.79 Å². The highest BCUT2D eigenvalue weighted by Crippen LogP contribution is 2.32. The fourth-order valence-corrected chi connectivity index (χ4v) is 3.86. The second kappa shape index (κ2) is 6.24. The highest BCUT2D eigenvalue weighted by Gasteiger charge is 2.31. The van der Waals surface area contributed by atoms with Gasteiger partial charge in [0.05, 0.1) is 6.42 Å². The number of carbonyl (C=O) groups is 1. The zero-order chi connectivity index (χ0) is 16.5. The number of hydrogen-bond acceptors (Lipinski definition) is 3. The van der Waals surface area contributed by atoms with E-state index in [4.69, 9.17) is 0 Å². The molecule has 2 aliphatic rings. The van der Waals surface area contributed by atoms with E-state index in [1.54, 1.807) is 6.07 Å². The van der Waals surface area contributed by atoms with E-state index in [2.05, 4.69) is 10.6 Å². The van der Waals surface area contributed by atoms with Crippen LogP contribution in [0.4, 0.5) is 5.69 Å². The standard InChI is InChI=1S/C19H21N3O2/c23-18(9-13-4-2-1-3-5-13)21-16-6-7-17-15-8-14(10-20-11-15)12-22(17)19(16)24/h1-7,14-15,20H,8-12H2,(H,21,23)/t14-,15+/m0/s1. The Kier molecular flexibility index (Phi) is 3.94. The Bertz CT molecular complexity index is 813. The van der Waals surface area contributed by atoms with E-state index in [0.29, 0.717) is 17.5 Å². The lowest BCUT2D eigenvalue weighted by molar-refractivity contribution is -0.115. The minimum Gasteiger partial charge on any atom is -0.321 e. The number of pyridine rings is 1. The van der Waals surface area contributed by atoms with Crippen LogP contribution in [0.5, 0.6) is 0 Å². The van der Waals surface area contributed by atoms with Crippen molar-refractivity contribution in [3.05, 3.63) is 64.1 Å². The SMILES string of the molecule is O=C(Cc1ccccc1)Nc1ccc2n(c1=O)C[C@@H]1CNC[C@H]2C1. The summed E-state index contributed by atoms with van der Waals surface area (Å²) in [7, 11) is 0. The van der Waals surface area contributed by atoms with Crippen molar-refractivity contribution in [1.82, 2.24) is 9.88 Å². The highest BCUT2D eigenvalue weighted by atomic mass is 16.2. The fraction of sp³-hybridized carbons (Fsp3) is 0.368. The van der Waals surface area contributed by atoms with E-state index >= 15 is 0 Å². The van der Waals surface area contributed by atoms with Crippen molar-refractivity contribution in [3.8, 4) is 0 Å². The molecule has 0 saturated carbocycles. The number of fused-ring (bicyclic) bond motifs is 4. The molecule has 1 saturated heterocycles. The average molecular weight is 323 g/mol. The molecule has 24 heavy (non-hydrogen) atoms. The molecule has 3 heterocycles. The summed E-state index contributed by atoms with van der Waals surface area (Å²) in [6.07, 6.45) is 1.42. The Balaban J connectivity index is 1.55. The molecule has 2 atom stereocenters. The first-order valence-electron chi connectivity index (χ1n) is 8.49. The van der Waals surface area contributed by atoms with Crippen LogP contribution in [0.2, 0.25) is 0 Å². The Morgan fingerprint density at radius 3 is 2.83 bits per heavy atom. The van der Waals surface area contributed by atoms with Gasteiger partial charge in [-0.05, 0) is 36.6 Å². The Hall–Kier alpha value is -2.40. The Morgan fingerprint density at radius 1 is 1.17 bits per heavy atom. The first-order valence-corrected chi connectivity index (χ1v) is 8.49. The van der Waals surface area contributed by atoms with Gasteiger partial charge in [-0.25, -0.2) is 0 Å². The van der Waals surface area contributed by atoms with Gasteiger partial charge in [0, 0.05) is 24.7 Å². The highest BCUT2D eigenvalue weighted by molar-refractivity contribution is 5.92. The zero-order valence-corrected chi connectivity index (χ0v) is 13.5. The maximum atomic E-state index is 12.8. The van der Waals surface area contributed by atoms with Gasteiger partial charge < -0.3 is 15.2 Å². The van der Waals surface area contributed by atoms with Crippen LogP contribution in [-0.4, -0.2) is 23.6 Å². The molecule has 4 rings (SSSR count). The topological polar surface area (TPSA) is 63.1 Å². The number of benzene rings is 1. The Morgan fingerprint density at radius 2 is 2.00 bits per heavy atom. The first kappa shape index (κ1) is 15.1. The first-order chi connectivity index (χ1) is 11.7. The van der Waals surface area contributed by atoms with Crippen LogP contribution >= 0.6 is 0 Å². The van der Waals surface area contributed by atoms with Crippen molar-refractivity contribution in [2.24, 2.45) is 5.92 Å². The summed E-state index contributed by atoms with van der Waals surface area (Å²) in [5.74, 6) is 0.750.